The maximum absolute atomic E-state index is 12.8. The van der Waals surface area contributed by atoms with Crippen LogP contribution in [0.4, 0.5) is 0 Å². The van der Waals surface area contributed by atoms with Crippen LogP contribution < -0.4 is 0 Å². The fourth-order valence-corrected chi connectivity index (χ4v) is 7.45. The average molecular weight is 893 g/mol. The summed E-state index contributed by atoms with van der Waals surface area (Å²) < 4.78 is 16.7. The Morgan fingerprint density at radius 1 is 0.328 bits per heavy atom. The molecule has 0 amide bonds. The summed E-state index contributed by atoms with van der Waals surface area (Å²) in [6.45, 7) is 6.46. The first-order chi connectivity index (χ1) is 31.5. The number of esters is 3. The van der Waals surface area contributed by atoms with Gasteiger partial charge in [0.15, 0.2) is 6.10 Å². The van der Waals surface area contributed by atoms with Crippen molar-refractivity contribution in [2.24, 2.45) is 0 Å². The fraction of sp³-hybridized carbons (Fsp3) is 0.741. The predicted molar refractivity (Wildman–Crippen MR) is 274 cm³/mol. The highest BCUT2D eigenvalue weighted by Gasteiger charge is 2.19. The molecule has 64 heavy (non-hydrogen) atoms. The summed E-state index contributed by atoms with van der Waals surface area (Å²) in [4.78, 5) is 37.8. The largest absolute Gasteiger partial charge is 0.462 e. The summed E-state index contributed by atoms with van der Waals surface area (Å²) in [7, 11) is 0. The summed E-state index contributed by atoms with van der Waals surface area (Å²) in [5.41, 5.74) is 0. The molecule has 0 saturated carbocycles. The van der Waals surface area contributed by atoms with E-state index in [-0.39, 0.29) is 31.1 Å². The van der Waals surface area contributed by atoms with Crippen LogP contribution in [0.15, 0.2) is 72.9 Å². The molecule has 6 heteroatoms. The first kappa shape index (κ1) is 60.9. The van der Waals surface area contributed by atoms with Crippen molar-refractivity contribution in [3.05, 3.63) is 72.9 Å². The molecule has 0 aliphatic carbocycles. The van der Waals surface area contributed by atoms with Crippen LogP contribution in [-0.2, 0) is 28.6 Å². The SMILES string of the molecule is CC/C=C\C/C=C\C/C=C\C/C=C\C/C=C\C/C=C\CCCCCCCCC(=O)OCC(COC(=O)CCCCCCCC)OC(=O)CCCCCCCCCCCCCCCCC. The monoisotopic (exact) mass is 893 g/mol. The van der Waals surface area contributed by atoms with Gasteiger partial charge in [-0.25, -0.2) is 0 Å². The minimum Gasteiger partial charge on any atom is -0.462 e. The van der Waals surface area contributed by atoms with Crippen LogP contribution in [0.5, 0.6) is 0 Å². The van der Waals surface area contributed by atoms with Gasteiger partial charge in [0.05, 0.1) is 0 Å². The van der Waals surface area contributed by atoms with Crippen LogP contribution in [0.1, 0.15) is 258 Å². The molecule has 6 nitrogen and oxygen atoms in total. The van der Waals surface area contributed by atoms with Gasteiger partial charge in [-0.05, 0) is 70.6 Å². The average Bonchev–Trinajstić information content (AvgIpc) is 3.29. The van der Waals surface area contributed by atoms with Crippen molar-refractivity contribution in [2.45, 2.75) is 264 Å². The van der Waals surface area contributed by atoms with Gasteiger partial charge >= 0.3 is 17.9 Å². The molecule has 0 aromatic carbocycles. The number of ether oxygens (including phenoxy) is 3. The van der Waals surface area contributed by atoms with E-state index in [4.69, 9.17) is 14.2 Å². The lowest BCUT2D eigenvalue weighted by Gasteiger charge is -2.18. The van der Waals surface area contributed by atoms with E-state index in [0.29, 0.717) is 19.3 Å². The fourth-order valence-electron chi connectivity index (χ4n) is 7.45. The number of unbranched alkanes of at least 4 members (excludes halogenated alkanes) is 25. The Balaban J connectivity index is 4.19. The molecule has 0 aromatic rings. The van der Waals surface area contributed by atoms with Crippen molar-refractivity contribution < 1.29 is 28.6 Å². The highest BCUT2D eigenvalue weighted by atomic mass is 16.6. The number of allylic oxidation sites excluding steroid dienone is 12. The van der Waals surface area contributed by atoms with E-state index in [0.717, 1.165) is 103 Å². The molecule has 1 unspecified atom stereocenters. The van der Waals surface area contributed by atoms with Crippen molar-refractivity contribution in [3.8, 4) is 0 Å². The highest BCUT2D eigenvalue weighted by molar-refractivity contribution is 5.71. The van der Waals surface area contributed by atoms with Crippen molar-refractivity contribution in [1.29, 1.82) is 0 Å². The maximum Gasteiger partial charge on any atom is 0.306 e. The summed E-state index contributed by atoms with van der Waals surface area (Å²) in [5.74, 6) is -0.898. The van der Waals surface area contributed by atoms with Crippen molar-refractivity contribution >= 4 is 17.9 Å². The Labute approximate surface area is 395 Å². The Morgan fingerprint density at radius 2 is 0.609 bits per heavy atom. The molecule has 0 rings (SSSR count). The first-order valence-corrected chi connectivity index (χ1v) is 26.9. The van der Waals surface area contributed by atoms with Gasteiger partial charge in [-0.3, -0.25) is 14.4 Å². The third-order valence-electron chi connectivity index (χ3n) is 11.5. The van der Waals surface area contributed by atoms with E-state index in [1.807, 2.05) is 0 Å². The lowest BCUT2D eigenvalue weighted by atomic mass is 10.0. The van der Waals surface area contributed by atoms with E-state index in [1.165, 1.54) is 116 Å². The number of carbonyl (C=O) groups excluding carboxylic acids is 3. The summed E-state index contributed by atoms with van der Waals surface area (Å²) in [5, 5.41) is 0. The predicted octanol–water partition coefficient (Wildman–Crippen LogP) is 17.8. The minimum atomic E-state index is -0.776. The Morgan fingerprint density at radius 3 is 0.953 bits per heavy atom. The molecule has 0 bridgehead atoms. The Kier molecular flexibility index (Phi) is 49.9. The molecule has 0 radical (unpaired) electrons. The zero-order valence-electron chi connectivity index (χ0n) is 42.0. The summed E-state index contributed by atoms with van der Waals surface area (Å²) >= 11 is 0. The lowest BCUT2D eigenvalue weighted by Crippen LogP contribution is -2.30. The molecular weight excluding hydrogens is 793 g/mol. The van der Waals surface area contributed by atoms with Crippen LogP contribution >= 0.6 is 0 Å². The normalized spacial score (nSPS) is 12.6. The molecule has 0 spiro atoms. The molecule has 0 heterocycles. The van der Waals surface area contributed by atoms with Crippen LogP contribution in [-0.4, -0.2) is 37.2 Å². The van der Waals surface area contributed by atoms with Gasteiger partial charge in [0, 0.05) is 19.3 Å². The van der Waals surface area contributed by atoms with E-state index in [1.54, 1.807) is 0 Å². The third kappa shape index (κ3) is 49.9. The van der Waals surface area contributed by atoms with Gasteiger partial charge in [-0.1, -0.05) is 241 Å². The molecule has 0 aliphatic heterocycles. The number of rotatable bonds is 48. The van der Waals surface area contributed by atoms with E-state index in [2.05, 4.69) is 93.7 Å². The second kappa shape index (κ2) is 52.5. The quantitative estimate of drug-likeness (QED) is 0.0262. The van der Waals surface area contributed by atoms with Crippen molar-refractivity contribution in [3.63, 3.8) is 0 Å². The topological polar surface area (TPSA) is 78.9 Å². The minimum absolute atomic E-state index is 0.0783. The third-order valence-corrected chi connectivity index (χ3v) is 11.5. The maximum atomic E-state index is 12.8. The van der Waals surface area contributed by atoms with Gasteiger partial charge in [0.25, 0.3) is 0 Å². The second-order valence-corrected chi connectivity index (χ2v) is 17.8. The molecule has 0 saturated heterocycles. The van der Waals surface area contributed by atoms with Crippen molar-refractivity contribution in [2.75, 3.05) is 13.2 Å². The lowest BCUT2D eigenvalue weighted by molar-refractivity contribution is -0.167. The van der Waals surface area contributed by atoms with Crippen LogP contribution in [0.3, 0.4) is 0 Å². The van der Waals surface area contributed by atoms with Gasteiger partial charge in [0.2, 0.25) is 0 Å². The van der Waals surface area contributed by atoms with Crippen LogP contribution in [0.25, 0.3) is 0 Å². The van der Waals surface area contributed by atoms with Crippen molar-refractivity contribution in [1.82, 2.24) is 0 Å². The molecule has 0 aliphatic rings. The first-order valence-electron chi connectivity index (χ1n) is 26.9. The Hall–Kier alpha value is -3.15. The standard InChI is InChI=1S/C58H100O6/c1-4-7-10-13-16-18-20-22-24-25-26-27-28-29-30-31-32-33-35-36-38-40-42-45-48-51-57(60)63-54-55(53-62-56(59)50-47-44-15-12-9-6-3)64-58(61)52-49-46-43-41-39-37-34-23-21-19-17-14-11-8-5-2/h7,10,16,18,22,24,26-27,29-30,32-33,55H,4-6,8-9,11-15,17,19-21,23,25,28,31,34-54H2,1-3H3/b10-7-,18-16-,24-22-,27-26-,30-29-,33-32-. The second-order valence-electron chi connectivity index (χ2n) is 17.8. The molecule has 0 N–H and O–H groups in total. The molecule has 1 atom stereocenters. The molecular formula is C58H100O6. The van der Waals surface area contributed by atoms with E-state index >= 15 is 0 Å². The highest BCUT2D eigenvalue weighted by Crippen LogP contribution is 2.15. The van der Waals surface area contributed by atoms with Gasteiger partial charge in [0.1, 0.15) is 13.2 Å². The van der Waals surface area contributed by atoms with Gasteiger partial charge in [-0.2, -0.15) is 0 Å². The zero-order chi connectivity index (χ0) is 46.5. The summed E-state index contributed by atoms with van der Waals surface area (Å²) in [6.07, 6.45) is 66.3. The van der Waals surface area contributed by atoms with Crippen LogP contribution in [0.2, 0.25) is 0 Å². The van der Waals surface area contributed by atoms with E-state index in [9.17, 15) is 14.4 Å². The Bertz CT molecular complexity index is 1210. The number of hydrogen-bond donors (Lipinski definition) is 0. The smallest absolute Gasteiger partial charge is 0.306 e. The van der Waals surface area contributed by atoms with Crippen LogP contribution in [0, 0.1) is 0 Å². The number of carbonyl (C=O) groups is 3. The number of hydrogen-bond acceptors (Lipinski definition) is 6. The zero-order valence-corrected chi connectivity index (χ0v) is 42.0. The van der Waals surface area contributed by atoms with E-state index < -0.39 is 6.10 Å². The molecule has 0 fully saturated rings. The van der Waals surface area contributed by atoms with Gasteiger partial charge in [-0.15, -0.1) is 0 Å². The van der Waals surface area contributed by atoms with Gasteiger partial charge < -0.3 is 14.2 Å². The summed E-state index contributed by atoms with van der Waals surface area (Å²) in [6, 6.07) is 0. The molecule has 368 valence electrons. The molecule has 0 aromatic heterocycles.